The normalized spacial score (nSPS) is 10.7. The molecule has 0 saturated carbocycles. The molecule has 1 amide bonds. The van der Waals surface area contributed by atoms with Crippen molar-refractivity contribution in [3.8, 4) is 11.3 Å². The van der Waals surface area contributed by atoms with Crippen LogP contribution < -0.4 is 11.1 Å². The fourth-order valence-electron chi connectivity index (χ4n) is 2.39. The Kier molecular flexibility index (Phi) is 3.55. The molecule has 4 N–H and O–H groups in total. The van der Waals surface area contributed by atoms with E-state index in [2.05, 4.69) is 30.5 Å². The van der Waals surface area contributed by atoms with Crippen molar-refractivity contribution in [2.24, 2.45) is 0 Å². The first kappa shape index (κ1) is 14.8. The highest BCUT2D eigenvalue weighted by atomic mass is 16.1. The van der Waals surface area contributed by atoms with Crippen LogP contribution >= 0.6 is 0 Å². The molecule has 3 heterocycles. The molecule has 0 saturated heterocycles. The van der Waals surface area contributed by atoms with Gasteiger partial charge in [-0.3, -0.25) is 9.89 Å². The van der Waals surface area contributed by atoms with E-state index in [-0.39, 0.29) is 11.5 Å². The molecule has 8 heteroatoms. The molecule has 0 atom stereocenters. The molecule has 0 aliphatic carbocycles. The summed E-state index contributed by atoms with van der Waals surface area (Å²) in [6, 6.07) is 10.9. The summed E-state index contributed by atoms with van der Waals surface area (Å²) in [6.07, 6.45) is 4.82. The average molecular weight is 331 g/mol. The molecule has 3 aromatic heterocycles. The van der Waals surface area contributed by atoms with Gasteiger partial charge in [-0.2, -0.15) is 5.10 Å². The number of nitrogens with one attached hydrogen (secondary N) is 2. The maximum atomic E-state index is 12.5. The Bertz CT molecular complexity index is 1060. The van der Waals surface area contributed by atoms with Crippen molar-refractivity contribution in [3.63, 3.8) is 0 Å². The van der Waals surface area contributed by atoms with Crippen LogP contribution in [0.25, 0.3) is 22.3 Å². The number of carbonyl (C=O) groups is 1. The zero-order chi connectivity index (χ0) is 17.2. The number of nitrogen functional groups attached to an aromatic ring is 1. The van der Waals surface area contributed by atoms with E-state index in [4.69, 9.17) is 5.73 Å². The molecule has 1 aromatic carbocycles. The van der Waals surface area contributed by atoms with Gasteiger partial charge in [0.2, 0.25) is 0 Å². The lowest BCUT2D eigenvalue weighted by molar-refractivity contribution is 0.102. The Labute approximate surface area is 142 Å². The molecular weight excluding hydrogens is 318 g/mol. The van der Waals surface area contributed by atoms with Gasteiger partial charge in [0.05, 0.1) is 18.1 Å². The molecule has 0 spiro atoms. The summed E-state index contributed by atoms with van der Waals surface area (Å²) >= 11 is 0. The smallest absolute Gasteiger partial charge is 0.278 e. The second-order valence-corrected chi connectivity index (χ2v) is 5.34. The molecule has 4 rings (SSSR count). The van der Waals surface area contributed by atoms with Gasteiger partial charge in [-0.1, -0.05) is 18.2 Å². The molecule has 122 valence electrons. The van der Waals surface area contributed by atoms with Crippen molar-refractivity contribution in [2.45, 2.75) is 0 Å². The number of nitrogens with zero attached hydrogens (tertiary/aromatic N) is 4. The van der Waals surface area contributed by atoms with Crippen LogP contribution in [0.4, 0.5) is 11.5 Å². The first-order chi connectivity index (χ1) is 12.2. The number of aromatic amines is 1. The standard InChI is InChI=1S/C17H13N7O/c18-15-14(17(25)22-12-4-2-1-3-5-12)23-13(9-19-15)10-6-11-8-21-24-16(11)20-7-10/h1-9H,(H2,18,19)(H,22,25)(H,20,21,24). The predicted molar refractivity (Wildman–Crippen MR) is 93.7 cm³/mol. The molecule has 4 aromatic rings. The number of nitrogens with two attached hydrogens (primary N) is 1. The third kappa shape index (κ3) is 2.88. The molecule has 0 radical (unpaired) electrons. The number of para-hydroxylation sites is 1. The van der Waals surface area contributed by atoms with Gasteiger partial charge in [-0.25, -0.2) is 15.0 Å². The topological polar surface area (TPSA) is 122 Å². The molecule has 0 unspecified atom stereocenters. The largest absolute Gasteiger partial charge is 0.382 e. The number of hydrogen-bond acceptors (Lipinski definition) is 6. The third-order valence-corrected chi connectivity index (χ3v) is 3.63. The first-order valence-electron chi connectivity index (χ1n) is 7.49. The fourth-order valence-corrected chi connectivity index (χ4v) is 2.39. The second kappa shape index (κ2) is 6.00. The van der Waals surface area contributed by atoms with E-state index in [9.17, 15) is 4.79 Å². The van der Waals surface area contributed by atoms with Gasteiger partial charge < -0.3 is 11.1 Å². The van der Waals surface area contributed by atoms with E-state index >= 15 is 0 Å². The summed E-state index contributed by atoms with van der Waals surface area (Å²) in [5.74, 6) is -0.357. The Morgan fingerprint density at radius 1 is 1.08 bits per heavy atom. The summed E-state index contributed by atoms with van der Waals surface area (Å²) in [6.45, 7) is 0. The predicted octanol–water partition coefficient (Wildman–Crippen LogP) is 2.25. The van der Waals surface area contributed by atoms with Crippen LogP contribution in [0.3, 0.4) is 0 Å². The van der Waals surface area contributed by atoms with Crippen LogP contribution in [-0.2, 0) is 0 Å². The van der Waals surface area contributed by atoms with Gasteiger partial charge in [0.15, 0.2) is 17.2 Å². The van der Waals surface area contributed by atoms with Gasteiger partial charge in [0.1, 0.15) is 0 Å². The highest BCUT2D eigenvalue weighted by Crippen LogP contribution is 2.21. The number of amides is 1. The number of fused-ring (bicyclic) bond motifs is 1. The zero-order valence-corrected chi connectivity index (χ0v) is 13.0. The Morgan fingerprint density at radius 2 is 1.92 bits per heavy atom. The second-order valence-electron chi connectivity index (χ2n) is 5.34. The minimum absolute atomic E-state index is 0.0636. The van der Waals surface area contributed by atoms with Gasteiger partial charge >= 0.3 is 0 Å². The number of anilines is 2. The van der Waals surface area contributed by atoms with Crippen LogP contribution in [0.5, 0.6) is 0 Å². The Balaban J connectivity index is 1.69. The molecule has 0 aliphatic rings. The first-order valence-corrected chi connectivity index (χ1v) is 7.49. The molecular formula is C17H13N7O. The minimum atomic E-state index is -0.421. The average Bonchev–Trinajstić information content (AvgIpc) is 3.10. The molecule has 0 fully saturated rings. The lowest BCUT2D eigenvalue weighted by atomic mass is 10.2. The van der Waals surface area contributed by atoms with E-state index in [1.807, 2.05) is 24.3 Å². The Hall–Kier alpha value is -3.81. The van der Waals surface area contributed by atoms with E-state index in [0.717, 1.165) is 10.9 Å². The maximum absolute atomic E-state index is 12.5. The van der Waals surface area contributed by atoms with E-state index < -0.39 is 5.91 Å². The summed E-state index contributed by atoms with van der Waals surface area (Å²) in [5, 5.41) is 10.3. The summed E-state index contributed by atoms with van der Waals surface area (Å²) < 4.78 is 0. The van der Waals surface area contributed by atoms with Crippen LogP contribution in [0.2, 0.25) is 0 Å². The van der Waals surface area contributed by atoms with Crippen LogP contribution in [0.15, 0.2) is 55.0 Å². The molecule has 0 bridgehead atoms. The number of rotatable bonds is 3. The maximum Gasteiger partial charge on any atom is 0.278 e. The number of aromatic nitrogens is 5. The number of hydrogen-bond donors (Lipinski definition) is 3. The highest BCUT2D eigenvalue weighted by molar-refractivity contribution is 6.06. The Morgan fingerprint density at radius 3 is 2.76 bits per heavy atom. The van der Waals surface area contributed by atoms with Crippen LogP contribution in [-0.4, -0.2) is 31.1 Å². The van der Waals surface area contributed by atoms with Gasteiger partial charge in [-0.15, -0.1) is 0 Å². The number of pyridine rings is 1. The van der Waals surface area contributed by atoms with Crippen LogP contribution in [0.1, 0.15) is 10.5 Å². The van der Waals surface area contributed by atoms with Crippen molar-refractivity contribution in [1.82, 2.24) is 25.1 Å². The van der Waals surface area contributed by atoms with Crippen molar-refractivity contribution >= 4 is 28.4 Å². The monoisotopic (exact) mass is 331 g/mol. The zero-order valence-electron chi connectivity index (χ0n) is 13.0. The lowest BCUT2D eigenvalue weighted by Crippen LogP contribution is -2.17. The van der Waals surface area contributed by atoms with Crippen molar-refractivity contribution in [2.75, 3.05) is 11.1 Å². The van der Waals surface area contributed by atoms with E-state index in [1.165, 1.54) is 6.20 Å². The SMILES string of the molecule is Nc1ncc(-c2cnc3[nH]ncc3c2)nc1C(=O)Nc1ccccc1. The summed E-state index contributed by atoms with van der Waals surface area (Å²) in [5.41, 5.74) is 8.44. The van der Waals surface area contributed by atoms with Crippen molar-refractivity contribution in [3.05, 3.63) is 60.7 Å². The van der Waals surface area contributed by atoms with E-state index in [0.29, 0.717) is 17.0 Å². The van der Waals surface area contributed by atoms with Gasteiger partial charge in [0, 0.05) is 22.8 Å². The lowest BCUT2D eigenvalue weighted by Gasteiger charge is -2.08. The minimum Gasteiger partial charge on any atom is -0.382 e. The summed E-state index contributed by atoms with van der Waals surface area (Å²) in [4.78, 5) is 25.2. The number of H-pyrrole nitrogens is 1. The summed E-state index contributed by atoms with van der Waals surface area (Å²) in [7, 11) is 0. The number of carbonyl (C=O) groups excluding carboxylic acids is 1. The van der Waals surface area contributed by atoms with Crippen molar-refractivity contribution in [1.29, 1.82) is 0 Å². The molecule has 25 heavy (non-hydrogen) atoms. The van der Waals surface area contributed by atoms with Crippen molar-refractivity contribution < 1.29 is 4.79 Å². The van der Waals surface area contributed by atoms with E-state index in [1.54, 1.807) is 24.5 Å². The fraction of sp³-hybridized carbons (Fsp3) is 0. The molecule has 8 nitrogen and oxygen atoms in total. The quantitative estimate of drug-likeness (QED) is 0.529. The van der Waals surface area contributed by atoms with Crippen LogP contribution in [0, 0.1) is 0 Å². The number of benzene rings is 1. The third-order valence-electron chi connectivity index (χ3n) is 3.63. The van der Waals surface area contributed by atoms with Gasteiger partial charge in [-0.05, 0) is 18.2 Å². The van der Waals surface area contributed by atoms with Gasteiger partial charge in [0.25, 0.3) is 5.91 Å². The molecule has 0 aliphatic heterocycles. The highest BCUT2D eigenvalue weighted by Gasteiger charge is 2.15.